The normalized spacial score (nSPS) is 20.8. The highest BCUT2D eigenvalue weighted by atomic mass is 32.3. The van der Waals surface area contributed by atoms with Crippen LogP contribution < -0.4 is 0 Å². The van der Waals surface area contributed by atoms with Crippen molar-refractivity contribution in [2.24, 2.45) is 0 Å². The van der Waals surface area contributed by atoms with Crippen LogP contribution in [0.25, 0.3) is 0 Å². The van der Waals surface area contributed by atoms with E-state index in [1.165, 1.54) is 48.4 Å². The molecule has 0 saturated heterocycles. The molecular formula is C16H16O2S6. The monoisotopic (exact) mass is 432 g/mol. The van der Waals surface area contributed by atoms with Crippen LogP contribution in [0.3, 0.4) is 0 Å². The van der Waals surface area contributed by atoms with Crippen molar-refractivity contribution in [3.8, 4) is 0 Å². The topological polar surface area (TPSA) is 34.1 Å². The van der Waals surface area contributed by atoms with E-state index in [0.29, 0.717) is 9.81 Å². The Morgan fingerprint density at radius 2 is 1.17 bits per heavy atom. The van der Waals surface area contributed by atoms with Crippen molar-refractivity contribution >= 4 is 82.1 Å². The van der Waals surface area contributed by atoms with E-state index in [2.05, 4.69) is 13.8 Å². The number of thioether (sulfide) groups is 6. The van der Waals surface area contributed by atoms with Crippen LogP contribution in [0.15, 0.2) is 38.9 Å². The lowest BCUT2D eigenvalue weighted by atomic mass is 10.2. The van der Waals surface area contributed by atoms with Crippen LogP contribution in [0.1, 0.15) is 26.7 Å². The lowest BCUT2D eigenvalue weighted by Gasteiger charge is -2.02. The maximum atomic E-state index is 12.0. The molecule has 128 valence electrons. The Morgan fingerprint density at radius 1 is 0.750 bits per heavy atom. The van der Waals surface area contributed by atoms with E-state index in [1.54, 1.807) is 0 Å². The average Bonchev–Trinajstić information content (AvgIpc) is 3.19. The fraction of sp³-hybridized carbons (Fsp3) is 0.375. The third-order valence-electron chi connectivity index (χ3n) is 3.01. The Balaban J connectivity index is 1.76. The summed E-state index contributed by atoms with van der Waals surface area (Å²) in [7, 11) is 0. The molecule has 0 bridgehead atoms. The molecule has 8 heteroatoms. The lowest BCUT2D eigenvalue weighted by Crippen LogP contribution is -2.07. The van der Waals surface area contributed by atoms with Gasteiger partial charge in [-0.2, -0.15) is 0 Å². The van der Waals surface area contributed by atoms with Gasteiger partial charge in [0.05, 0.1) is 26.8 Å². The van der Waals surface area contributed by atoms with Gasteiger partial charge in [-0.15, -0.1) is 23.5 Å². The van der Waals surface area contributed by atoms with Gasteiger partial charge in [-0.05, 0) is 36.5 Å². The second-order valence-corrected chi connectivity index (χ2v) is 12.3. The standard InChI is InChI=1S/C16H16O2S6/c1-3-7-19-13-14(20-8-4-2)24-16(23-13)15-21-11-9(17)5-6-10(18)12(11)22-15/h5-6H,3-4,7-8H2,1-2H3. The van der Waals surface area contributed by atoms with Crippen molar-refractivity contribution in [3.63, 3.8) is 0 Å². The first-order chi connectivity index (χ1) is 11.6. The van der Waals surface area contributed by atoms with Gasteiger partial charge < -0.3 is 0 Å². The summed E-state index contributed by atoms with van der Waals surface area (Å²) < 4.78 is 5.06. The van der Waals surface area contributed by atoms with Gasteiger partial charge in [-0.3, -0.25) is 9.59 Å². The maximum Gasteiger partial charge on any atom is 0.193 e. The van der Waals surface area contributed by atoms with Crippen molar-refractivity contribution in [3.05, 3.63) is 38.9 Å². The predicted octanol–water partition coefficient (Wildman–Crippen LogP) is 6.41. The molecule has 0 saturated carbocycles. The number of allylic oxidation sites excluding steroid dienone is 4. The summed E-state index contributed by atoms with van der Waals surface area (Å²) in [6.45, 7) is 4.40. The molecule has 1 aliphatic carbocycles. The first-order valence-electron chi connectivity index (χ1n) is 7.60. The molecule has 0 amide bonds. The van der Waals surface area contributed by atoms with Crippen LogP contribution in [-0.2, 0) is 9.59 Å². The molecule has 0 unspecified atom stereocenters. The van der Waals surface area contributed by atoms with E-state index >= 15 is 0 Å². The Labute approximate surface area is 167 Å². The highest BCUT2D eigenvalue weighted by molar-refractivity contribution is 8.42. The second-order valence-electron chi connectivity index (χ2n) is 4.98. The molecular weight excluding hydrogens is 417 g/mol. The summed E-state index contributed by atoms with van der Waals surface area (Å²) in [4.78, 5) is 25.2. The largest absolute Gasteiger partial charge is 0.289 e. The molecule has 3 aliphatic rings. The maximum absolute atomic E-state index is 12.0. The Kier molecular flexibility index (Phi) is 7.08. The highest BCUT2D eigenvalue weighted by Crippen LogP contribution is 2.64. The smallest absolute Gasteiger partial charge is 0.193 e. The molecule has 0 aromatic rings. The van der Waals surface area contributed by atoms with Gasteiger partial charge in [0.2, 0.25) is 0 Å². The van der Waals surface area contributed by atoms with Gasteiger partial charge in [0.25, 0.3) is 0 Å². The zero-order chi connectivity index (χ0) is 17.1. The molecule has 3 rings (SSSR count). The minimum absolute atomic E-state index is 0.0418. The third-order valence-corrected chi connectivity index (χ3v) is 12.1. The minimum atomic E-state index is -0.0418. The van der Waals surface area contributed by atoms with Gasteiger partial charge in [0.1, 0.15) is 0 Å². The van der Waals surface area contributed by atoms with Crippen LogP contribution in [0.2, 0.25) is 0 Å². The molecule has 0 radical (unpaired) electrons. The molecule has 0 spiro atoms. The van der Waals surface area contributed by atoms with Crippen molar-refractivity contribution < 1.29 is 9.59 Å². The van der Waals surface area contributed by atoms with E-state index in [-0.39, 0.29) is 11.6 Å². The Bertz CT molecular complexity index is 647. The predicted molar refractivity (Wildman–Crippen MR) is 116 cm³/mol. The number of hydrogen-bond donors (Lipinski definition) is 0. The first-order valence-corrected chi connectivity index (χ1v) is 12.8. The van der Waals surface area contributed by atoms with Crippen molar-refractivity contribution in [1.82, 2.24) is 0 Å². The molecule has 0 aromatic carbocycles. The van der Waals surface area contributed by atoms with Crippen LogP contribution in [0.4, 0.5) is 0 Å². The summed E-state index contributed by atoms with van der Waals surface area (Å²) in [6.07, 6.45) is 5.09. The Hall–Kier alpha value is 0.400. The Morgan fingerprint density at radius 3 is 1.58 bits per heavy atom. The van der Waals surface area contributed by atoms with Gasteiger partial charge in [-0.1, -0.05) is 60.9 Å². The zero-order valence-corrected chi connectivity index (χ0v) is 18.1. The fourth-order valence-corrected chi connectivity index (χ4v) is 10.5. The summed E-state index contributed by atoms with van der Waals surface area (Å²) >= 11 is 10.4. The SMILES string of the molecule is CCCSC1=C(SCCC)SC(=C2SC3=C(S2)C(=O)C=CC3=O)S1. The van der Waals surface area contributed by atoms with Crippen LogP contribution in [-0.4, -0.2) is 23.1 Å². The zero-order valence-electron chi connectivity index (χ0n) is 13.2. The molecule has 24 heavy (non-hydrogen) atoms. The first kappa shape index (κ1) is 19.2. The highest BCUT2D eigenvalue weighted by Gasteiger charge is 2.35. The van der Waals surface area contributed by atoms with E-state index < -0.39 is 0 Å². The van der Waals surface area contributed by atoms with E-state index in [0.717, 1.165) is 28.6 Å². The van der Waals surface area contributed by atoms with E-state index in [4.69, 9.17) is 0 Å². The quantitative estimate of drug-likeness (QED) is 0.446. The molecule has 0 aromatic heterocycles. The summed E-state index contributed by atoms with van der Waals surface area (Å²) in [5.41, 5.74) is 0. The van der Waals surface area contributed by atoms with Crippen molar-refractivity contribution in [2.75, 3.05) is 11.5 Å². The molecule has 2 heterocycles. The molecule has 2 nitrogen and oxygen atoms in total. The second kappa shape index (κ2) is 8.86. The number of carbonyl (C=O) groups is 2. The number of carbonyl (C=O) groups excluding carboxylic acids is 2. The van der Waals surface area contributed by atoms with E-state index in [1.807, 2.05) is 47.0 Å². The van der Waals surface area contributed by atoms with Gasteiger partial charge in [-0.25, -0.2) is 0 Å². The van der Waals surface area contributed by atoms with E-state index in [9.17, 15) is 9.59 Å². The van der Waals surface area contributed by atoms with Gasteiger partial charge >= 0.3 is 0 Å². The van der Waals surface area contributed by atoms with Crippen molar-refractivity contribution in [2.45, 2.75) is 26.7 Å². The minimum Gasteiger partial charge on any atom is -0.289 e. The summed E-state index contributed by atoms with van der Waals surface area (Å²) in [6, 6.07) is 0. The molecule has 0 N–H and O–H groups in total. The van der Waals surface area contributed by atoms with Crippen molar-refractivity contribution in [1.29, 1.82) is 0 Å². The average molecular weight is 433 g/mol. The van der Waals surface area contributed by atoms with Crippen LogP contribution >= 0.6 is 70.6 Å². The fourth-order valence-electron chi connectivity index (χ4n) is 1.93. The number of ketones is 2. The third kappa shape index (κ3) is 4.20. The van der Waals surface area contributed by atoms with Gasteiger partial charge in [0.15, 0.2) is 11.6 Å². The molecule has 0 atom stereocenters. The van der Waals surface area contributed by atoms with Gasteiger partial charge in [0, 0.05) is 0 Å². The number of rotatable bonds is 6. The lowest BCUT2D eigenvalue weighted by molar-refractivity contribution is -0.114. The van der Waals surface area contributed by atoms with Crippen LogP contribution in [0, 0.1) is 0 Å². The molecule has 0 fully saturated rings. The summed E-state index contributed by atoms with van der Waals surface area (Å²) in [5.74, 6) is 2.16. The summed E-state index contributed by atoms with van der Waals surface area (Å²) in [5, 5.41) is 0. The van der Waals surface area contributed by atoms with Crippen LogP contribution in [0.5, 0.6) is 0 Å². The molecule has 2 aliphatic heterocycles. The number of hydrogen-bond acceptors (Lipinski definition) is 8.